The second kappa shape index (κ2) is 8.61. The molecule has 2 aromatic carbocycles. The molecule has 0 aliphatic heterocycles. The lowest BCUT2D eigenvalue weighted by molar-refractivity contribution is 0.563. The van der Waals surface area contributed by atoms with E-state index in [0.717, 1.165) is 34.0 Å². The van der Waals surface area contributed by atoms with Crippen molar-refractivity contribution in [2.75, 3.05) is 18.0 Å². The zero-order chi connectivity index (χ0) is 23.1. The van der Waals surface area contributed by atoms with E-state index < -0.39 is 11.3 Å². The number of thiazole rings is 1. The van der Waals surface area contributed by atoms with Gasteiger partial charge in [0.15, 0.2) is 0 Å². The Morgan fingerprint density at radius 1 is 0.879 bits per heavy atom. The SMILES string of the molecule is CCN(CC)c1ccc2cc(-c3csc(-c4cc5cc(Br)ccc5oc4=O)n3)c(=O)oc2c1. The van der Waals surface area contributed by atoms with E-state index in [1.165, 1.54) is 11.3 Å². The highest BCUT2D eigenvalue weighted by Gasteiger charge is 2.16. The molecule has 3 aromatic heterocycles. The van der Waals surface area contributed by atoms with Crippen molar-refractivity contribution in [3.05, 3.63) is 79.2 Å². The van der Waals surface area contributed by atoms with E-state index in [-0.39, 0.29) is 0 Å². The second-order valence-corrected chi connectivity index (χ2v) is 9.28. The van der Waals surface area contributed by atoms with Crippen LogP contribution >= 0.6 is 27.3 Å². The van der Waals surface area contributed by atoms with Crippen molar-refractivity contribution in [3.63, 3.8) is 0 Å². The summed E-state index contributed by atoms with van der Waals surface area (Å²) in [5, 5.41) is 3.83. The average molecular weight is 523 g/mol. The minimum absolute atomic E-state index is 0.353. The molecule has 6 nitrogen and oxygen atoms in total. The quantitative estimate of drug-likeness (QED) is 0.252. The van der Waals surface area contributed by atoms with Gasteiger partial charge in [0.05, 0.1) is 16.8 Å². The number of hydrogen-bond acceptors (Lipinski definition) is 7. The minimum atomic E-state index is -0.472. The van der Waals surface area contributed by atoms with Crippen LogP contribution in [-0.2, 0) is 0 Å². The summed E-state index contributed by atoms with van der Waals surface area (Å²) in [7, 11) is 0. The van der Waals surface area contributed by atoms with E-state index >= 15 is 0 Å². The summed E-state index contributed by atoms with van der Waals surface area (Å²) in [5.41, 5.74) is 2.28. The highest BCUT2D eigenvalue weighted by molar-refractivity contribution is 9.10. The van der Waals surface area contributed by atoms with Crippen LogP contribution in [0.1, 0.15) is 13.8 Å². The fraction of sp³-hybridized carbons (Fsp3) is 0.160. The van der Waals surface area contributed by atoms with Crippen LogP contribution in [0.4, 0.5) is 5.69 Å². The molecule has 0 N–H and O–H groups in total. The number of nitrogens with zero attached hydrogens (tertiary/aromatic N) is 2. The third kappa shape index (κ3) is 4.00. The van der Waals surface area contributed by atoms with Crippen LogP contribution in [0.3, 0.4) is 0 Å². The largest absolute Gasteiger partial charge is 0.422 e. The molecule has 0 saturated carbocycles. The molecule has 0 radical (unpaired) electrons. The molecule has 0 bridgehead atoms. The van der Waals surface area contributed by atoms with Crippen LogP contribution in [0.15, 0.2) is 76.8 Å². The lowest BCUT2D eigenvalue weighted by Crippen LogP contribution is -2.21. The molecular weight excluding hydrogens is 504 g/mol. The van der Waals surface area contributed by atoms with Gasteiger partial charge in [0.2, 0.25) is 0 Å². The van der Waals surface area contributed by atoms with E-state index in [2.05, 4.69) is 39.7 Å². The van der Waals surface area contributed by atoms with Crippen molar-refractivity contribution >= 4 is 54.9 Å². The molecule has 5 aromatic rings. The Labute approximate surface area is 201 Å². The highest BCUT2D eigenvalue weighted by Crippen LogP contribution is 2.30. The van der Waals surface area contributed by atoms with Gasteiger partial charge in [-0.3, -0.25) is 0 Å². The predicted molar refractivity (Wildman–Crippen MR) is 136 cm³/mol. The van der Waals surface area contributed by atoms with Crippen LogP contribution in [0.25, 0.3) is 43.8 Å². The topological polar surface area (TPSA) is 76.6 Å². The van der Waals surface area contributed by atoms with Crippen molar-refractivity contribution in [1.29, 1.82) is 0 Å². The van der Waals surface area contributed by atoms with Gasteiger partial charge in [0.1, 0.15) is 16.2 Å². The number of halogens is 1. The number of fused-ring (bicyclic) bond motifs is 2. The molecule has 0 atom stereocenters. The molecule has 0 unspecified atom stereocenters. The van der Waals surface area contributed by atoms with Gasteiger partial charge in [-0.2, -0.15) is 0 Å². The number of benzene rings is 2. The number of rotatable bonds is 5. The standard InChI is InChI=1S/C25H19BrN2O4S/c1-3-28(4-2)17-7-5-14-10-18(24(29)32-22(14)12-17)20-13-33-23(27-20)19-11-15-9-16(26)6-8-21(15)31-25(19)30/h5-13H,3-4H2,1-2H3. The van der Waals surface area contributed by atoms with E-state index in [9.17, 15) is 9.59 Å². The molecule has 5 rings (SSSR count). The zero-order valence-electron chi connectivity index (χ0n) is 17.9. The minimum Gasteiger partial charge on any atom is -0.422 e. The van der Waals surface area contributed by atoms with Crippen molar-refractivity contribution < 1.29 is 8.83 Å². The van der Waals surface area contributed by atoms with Crippen molar-refractivity contribution in [2.45, 2.75) is 13.8 Å². The molecule has 3 heterocycles. The Balaban J connectivity index is 1.56. The molecule has 166 valence electrons. The lowest BCUT2D eigenvalue weighted by atomic mass is 10.1. The first-order chi connectivity index (χ1) is 16.0. The van der Waals surface area contributed by atoms with E-state index in [1.54, 1.807) is 23.6 Å². The van der Waals surface area contributed by atoms with Crippen LogP contribution in [-0.4, -0.2) is 18.1 Å². The molecule has 0 amide bonds. The maximum Gasteiger partial charge on any atom is 0.346 e. The normalized spacial score (nSPS) is 11.4. The Hall–Kier alpha value is -3.23. The summed E-state index contributed by atoms with van der Waals surface area (Å²) >= 11 is 4.71. The van der Waals surface area contributed by atoms with Gasteiger partial charge in [0.25, 0.3) is 0 Å². The van der Waals surface area contributed by atoms with Crippen LogP contribution in [0.2, 0.25) is 0 Å². The summed E-state index contributed by atoms with van der Waals surface area (Å²) in [6.45, 7) is 5.90. The smallest absolute Gasteiger partial charge is 0.346 e. The fourth-order valence-corrected chi connectivity index (χ4v) is 5.03. The molecule has 0 aliphatic rings. The first-order valence-electron chi connectivity index (χ1n) is 10.5. The van der Waals surface area contributed by atoms with Gasteiger partial charge >= 0.3 is 11.3 Å². The van der Waals surface area contributed by atoms with Crippen LogP contribution < -0.4 is 16.2 Å². The second-order valence-electron chi connectivity index (χ2n) is 7.51. The van der Waals surface area contributed by atoms with E-state index in [0.29, 0.717) is 33.0 Å². The molecular formula is C25H19BrN2O4S. The molecule has 0 saturated heterocycles. The lowest BCUT2D eigenvalue weighted by Gasteiger charge is -2.20. The zero-order valence-corrected chi connectivity index (χ0v) is 20.3. The number of anilines is 1. The maximum absolute atomic E-state index is 12.8. The number of hydrogen-bond donors (Lipinski definition) is 0. The average Bonchev–Trinajstić information content (AvgIpc) is 3.29. The molecule has 0 spiro atoms. The third-order valence-electron chi connectivity index (χ3n) is 5.55. The Kier molecular flexibility index (Phi) is 5.64. The Morgan fingerprint density at radius 2 is 1.61 bits per heavy atom. The van der Waals surface area contributed by atoms with Crippen molar-refractivity contribution in [1.82, 2.24) is 4.98 Å². The van der Waals surface area contributed by atoms with Gasteiger partial charge in [-0.25, -0.2) is 14.6 Å². The predicted octanol–water partition coefficient (Wildman–Crippen LogP) is 6.30. The van der Waals surface area contributed by atoms with E-state index in [1.807, 2.05) is 30.3 Å². The van der Waals surface area contributed by atoms with Crippen LogP contribution in [0, 0.1) is 0 Å². The molecule has 0 fully saturated rings. The maximum atomic E-state index is 12.8. The van der Waals surface area contributed by atoms with Crippen molar-refractivity contribution in [2.24, 2.45) is 0 Å². The summed E-state index contributed by atoms with van der Waals surface area (Å²) in [6.07, 6.45) is 0. The monoisotopic (exact) mass is 522 g/mol. The fourth-order valence-electron chi connectivity index (χ4n) is 3.83. The summed E-state index contributed by atoms with van der Waals surface area (Å²) < 4.78 is 12.0. The van der Waals surface area contributed by atoms with Gasteiger partial charge in [-0.15, -0.1) is 11.3 Å². The van der Waals surface area contributed by atoms with Crippen LogP contribution in [0.5, 0.6) is 0 Å². The van der Waals surface area contributed by atoms with Crippen molar-refractivity contribution in [3.8, 4) is 21.8 Å². The first-order valence-corrected chi connectivity index (χ1v) is 12.2. The van der Waals surface area contributed by atoms with Gasteiger partial charge < -0.3 is 13.7 Å². The Morgan fingerprint density at radius 3 is 2.39 bits per heavy atom. The molecule has 0 aliphatic carbocycles. The molecule has 8 heteroatoms. The highest BCUT2D eigenvalue weighted by atomic mass is 79.9. The summed E-state index contributed by atoms with van der Waals surface area (Å²) in [4.78, 5) is 32.1. The summed E-state index contributed by atoms with van der Waals surface area (Å²) in [5.74, 6) is 0. The first kappa shape index (κ1) is 21.6. The van der Waals surface area contributed by atoms with Gasteiger partial charge in [-0.05, 0) is 56.3 Å². The number of aromatic nitrogens is 1. The van der Waals surface area contributed by atoms with Gasteiger partial charge in [0, 0.05) is 45.5 Å². The third-order valence-corrected chi connectivity index (χ3v) is 6.92. The molecule has 33 heavy (non-hydrogen) atoms. The Bertz CT molecular complexity index is 1610. The van der Waals surface area contributed by atoms with E-state index in [4.69, 9.17) is 8.83 Å². The van der Waals surface area contributed by atoms with Gasteiger partial charge in [-0.1, -0.05) is 15.9 Å². The summed E-state index contributed by atoms with van der Waals surface area (Å²) in [6, 6.07) is 14.8.